The first-order valence-corrected chi connectivity index (χ1v) is 10.7. The summed E-state index contributed by atoms with van der Waals surface area (Å²) in [4.78, 5) is 20.3. The van der Waals surface area contributed by atoms with Crippen LogP contribution in [0.2, 0.25) is 0 Å². The SMILES string of the molecule is O=C([C@@H]1CCCN(C2CCN(C3CCCC3)CC2)C1)N1CCOCC1. The highest BCUT2D eigenvalue weighted by Crippen LogP contribution is 2.29. The summed E-state index contributed by atoms with van der Waals surface area (Å²) in [6.07, 6.45) is 10.6. The molecule has 0 aromatic carbocycles. The van der Waals surface area contributed by atoms with E-state index in [1.807, 2.05) is 4.90 Å². The first-order valence-electron chi connectivity index (χ1n) is 10.7. The summed E-state index contributed by atoms with van der Waals surface area (Å²) in [6, 6.07) is 1.58. The lowest BCUT2D eigenvalue weighted by atomic mass is 9.92. The summed E-state index contributed by atoms with van der Waals surface area (Å²) in [7, 11) is 0. The molecule has 5 nitrogen and oxygen atoms in total. The number of ether oxygens (including phenoxy) is 1. The van der Waals surface area contributed by atoms with Gasteiger partial charge in [0.25, 0.3) is 0 Å². The van der Waals surface area contributed by atoms with Crippen LogP contribution in [0.25, 0.3) is 0 Å². The Morgan fingerprint density at radius 3 is 2.12 bits per heavy atom. The molecule has 0 radical (unpaired) electrons. The van der Waals surface area contributed by atoms with Gasteiger partial charge in [-0.15, -0.1) is 0 Å². The maximum absolute atomic E-state index is 12.8. The zero-order valence-electron chi connectivity index (χ0n) is 15.7. The van der Waals surface area contributed by atoms with Crippen LogP contribution in [-0.4, -0.2) is 85.2 Å². The van der Waals surface area contributed by atoms with Gasteiger partial charge < -0.3 is 14.5 Å². The molecule has 5 heteroatoms. The lowest BCUT2D eigenvalue weighted by Crippen LogP contribution is -2.53. The molecule has 25 heavy (non-hydrogen) atoms. The molecular weight excluding hydrogens is 314 g/mol. The molecule has 1 aliphatic carbocycles. The van der Waals surface area contributed by atoms with E-state index in [9.17, 15) is 4.79 Å². The fourth-order valence-electron chi connectivity index (χ4n) is 5.47. The quantitative estimate of drug-likeness (QED) is 0.780. The highest BCUT2D eigenvalue weighted by atomic mass is 16.5. The molecule has 3 heterocycles. The van der Waals surface area contributed by atoms with Crippen LogP contribution in [0.1, 0.15) is 51.4 Å². The number of hydrogen-bond acceptors (Lipinski definition) is 4. The van der Waals surface area contributed by atoms with Gasteiger partial charge in [-0.3, -0.25) is 9.69 Å². The average Bonchev–Trinajstić information content (AvgIpc) is 3.23. The standard InChI is InChI=1S/C20H35N3O2/c24-20(22-12-14-25-15-13-22)17-4-3-9-23(16-17)19-7-10-21(11-8-19)18-5-1-2-6-18/h17-19H,1-16H2/t17-/m1/s1. The monoisotopic (exact) mass is 349 g/mol. The van der Waals surface area contributed by atoms with Gasteiger partial charge in [-0.1, -0.05) is 12.8 Å². The molecule has 142 valence electrons. The zero-order chi connectivity index (χ0) is 17.1. The summed E-state index contributed by atoms with van der Waals surface area (Å²) in [6.45, 7) is 7.72. The maximum atomic E-state index is 12.8. The topological polar surface area (TPSA) is 36.0 Å². The molecule has 1 amide bonds. The number of nitrogens with zero attached hydrogens (tertiary/aromatic N) is 3. The Balaban J connectivity index is 1.27. The number of rotatable bonds is 3. The first-order chi connectivity index (χ1) is 12.3. The van der Waals surface area contributed by atoms with Crippen molar-refractivity contribution in [3.05, 3.63) is 0 Å². The van der Waals surface area contributed by atoms with E-state index < -0.39 is 0 Å². The highest BCUT2D eigenvalue weighted by molar-refractivity contribution is 5.79. The Hall–Kier alpha value is -0.650. The molecule has 4 fully saturated rings. The summed E-state index contributed by atoms with van der Waals surface area (Å²) >= 11 is 0. The Kier molecular flexibility index (Phi) is 5.94. The minimum atomic E-state index is 0.222. The van der Waals surface area contributed by atoms with Crippen LogP contribution in [0.15, 0.2) is 0 Å². The van der Waals surface area contributed by atoms with Gasteiger partial charge in [0.2, 0.25) is 5.91 Å². The predicted molar refractivity (Wildman–Crippen MR) is 98.5 cm³/mol. The molecule has 4 rings (SSSR count). The molecule has 0 N–H and O–H groups in total. The second kappa shape index (κ2) is 8.36. The third-order valence-corrected chi connectivity index (χ3v) is 6.98. The number of carbonyl (C=O) groups excluding carboxylic acids is 1. The van der Waals surface area contributed by atoms with Crippen molar-refractivity contribution >= 4 is 5.91 Å². The normalized spacial score (nSPS) is 31.5. The number of amides is 1. The summed E-state index contributed by atoms with van der Waals surface area (Å²) in [5.74, 6) is 0.608. The van der Waals surface area contributed by atoms with Gasteiger partial charge in [0.05, 0.1) is 19.1 Å². The van der Waals surface area contributed by atoms with Gasteiger partial charge in [-0.25, -0.2) is 0 Å². The van der Waals surface area contributed by atoms with Crippen molar-refractivity contribution in [2.24, 2.45) is 5.92 Å². The molecule has 0 bridgehead atoms. The number of piperidine rings is 2. The van der Waals surface area contributed by atoms with Crippen molar-refractivity contribution in [2.45, 2.75) is 63.5 Å². The summed E-state index contributed by atoms with van der Waals surface area (Å²) in [5, 5.41) is 0. The molecule has 1 saturated carbocycles. The van der Waals surface area contributed by atoms with Crippen LogP contribution < -0.4 is 0 Å². The molecule has 0 spiro atoms. The summed E-state index contributed by atoms with van der Waals surface area (Å²) in [5.41, 5.74) is 0. The Labute approximate surface area is 152 Å². The van der Waals surface area contributed by atoms with E-state index in [-0.39, 0.29) is 5.92 Å². The smallest absolute Gasteiger partial charge is 0.227 e. The number of carbonyl (C=O) groups is 1. The van der Waals surface area contributed by atoms with Crippen LogP contribution in [0.4, 0.5) is 0 Å². The van der Waals surface area contributed by atoms with Crippen LogP contribution in [0.5, 0.6) is 0 Å². The second-order valence-electron chi connectivity index (χ2n) is 8.48. The number of hydrogen-bond donors (Lipinski definition) is 0. The fraction of sp³-hybridized carbons (Fsp3) is 0.950. The van der Waals surface area contributed by atoms with Gasteiger partial charge in [-0.2, -0.15) is 0 Å². The number of morpholine rings is 1. The van der Waals surface area contributed by atoms with Gasteiger partial charge in [-0.05, 0) is 58.2 Å². The lowest BCUT2D eigenvalue weighted by Gasteiger charge is -2.44. The number of likely N-dealkylation sites (tertiary alicyclic amines) is 2. The van der Waals surface area contributed by atoms with E-state index in [1.54, 1.807) is 0 Å². The Bertz CT molecular complexity index is 438. The van der Waals surface area contributed by atoms with Gasteiger partial charge in [0.15, 0.2) is 0 Å². The average molecular weight is 350 g/mol. The highest BCUT2D eigenvalue weighted by Gasteiger charge is 2.35. The van der Waals surface area contributed by atoms with Crippen molar-refractivity contribution in [2.75, 3.05) is 52.5 Å². The molecule has 0 aromatic rings. The van der Waals surface area contributed by atoms with Crippen molar-refractivity contribution in [3.8, 4) is 0 Å². The van der Waals surface area contributed by atoms with Gasteiger partial charge >= 0.3 is 0 Å². The predicted octanol–water partition coefficient (Wildman–Crippen LogP) is 1.96. The maximum Gasteiger partial charge on any atom is 0.227 e. The zero-order valence-corrected chi connectivity index (χ0v) is 15.7. The molecule has 0 aromatic heterocycles. The molecule has 3 aliphatic heterocycles. The van der Waals surface area contributed by atoms with Crippen LogP contribution in [-0.2, 0) is 9.53 Å². The van der Waals surface area contributed by atoms with Crippen LogP contribution in [0.3, 0.4) is 0 Å². The second-order valence-corrected chi connectivity index (χ2v) is 8.48. The minimum Gasteiger partial charge on any atom is -0.378 e. The van der Waals surface area contributed by atoms with Gasteiger partial charge in [0, 0.05) is 31.7 Å². The van der Waals surface area contributed by atoms with E-state index >= 15 is 0 Å². The van der Waals surface area contributed by atoms with E-state index in [1.165, 1.54) is 64.6 Å². The summed E-state index contributed by atoms with van der Waals surface area (Å²) < 4.78 is 5.40. The van der Waals surface area contributed by atoms with Crippen molar-refractivity contribution < 1.29 is 9.53 Å². The first kappa shape index (κ1) is 17.7. The Morgan fingerprint density at radius 2 is 1.40 bits per heavy atom. The van der Waals surface area contributed by atoms with E-state index in [4.69, 9.17) is 4.74 Å². The third-order valence-electron chi connectivity index (χ3n) is 6.98. The van der Waals surface area contributed by atoms with E-state index in [0.29, 0.717) is 25.2 Å². The van der Waals surface area contributed by atoms with Crippen molar-refractivity contribution in [1.29, 1.82) is 0 Å². The largest absolute Gasteiger partial charge is 0.378 e. The molecule has 3 saturated heterocycles. The Morgan fingerprint density at radius 1 is 0.720 bits per heavy atom. The molecule has 4 aliphatic rings. The van der Waals surface area contributed by atoms with Gasteiger partial charge in [0.1, 0.15) is 0 Å². The van der Waals surface area contributed by atoms with Crippen molar-refractivity contribution in [3.63, 3.8) is 0 Å². The lowest BCUT2D eigenvalue weighted by molar-refractivity contribution is -0.142. The molecule has 1 atom stereocenters. The van der Waals surface area contributed by atoms with Crippen molar-refractivity contribution in [1.82, 2.24) is 14.7 Å². The van der Waals surface area contributed by atoms with E-state index in [0.717, 1.165) is 32.1 Å². The molecular formula is C20H35N3O2. The van der Waals surface area contributed by atoms with Crippen LogP contribution in [0, 0.1) is 5.92 Å². The molecule has 0 unspecified atom stereocenters. The van der Waals surface area contributed by atoms with Crippen LogP contribution >= 0.6 is 0 Å². The third kappa shape index (κ3) is 4.20. The fourth-order valence-corrected chi connectivity index (χ4v) is 5.47. The minimum absolute atomic E-state index is 0.222. The van der Waals surface area contributed by atoms with E-state index in [2.05, 4.69) is 9.80 Å².